The van der Waals surface area contributed by atoms with Crippen molar-refractivity contribution >= 4 is 29.9 Å². The number of guanidine groups is 1. The van der Waals surface area contributed by atoms with Crippen molar-refractivity contribution in [2.75, 3.05) is 26.2 Å². The summed E-state index contributed by atoms with van der Waals surface area (Å²) in [6.07, 6.45) is 5.53. The van der Waals surface area contributed by atoms with E-state index in [1.807, 2.05) is 18.2 Å². The van der Waals surface area contributed by atoms with Crippen LogP contribution in [-0.2, 0) is 6.54 Å². The number of nitrogens with one attached hydrogen (secondary N) is 2. The topological polar surface area (TPSA) is 73.0 Å². The minimum absolute atomic E-state index is 0. The molecule has 0 aliphatic carbocycles. The van der Waals surface area contributed by atoms with Crippen molar-refractivity contribution in [2.24, 2.45) is 4.99 Å². The number of halogens is 1. The molecule has 0 spiro atoms. The molecule has 0 saturated carbocycles. The molecule has 1 fully saturated rings. The summed E-state index contributed by atoms with van der Waals surface area (Å²) in [5.74, 6) is 2.03. The Balaban J connectivity index is 0.00000280. The molecule has 0 radical (unpaired) electrons. The van der Waals surface area contributed by atoms with E-state index in [0.29, 0.717) is 6.54 Å². The van der Waals surface area contributed by atoms with E-state index < -0.39 is 0 Å². The van der Waals surface area contributed by atoms with Gasteiger partial charge in [-0.1, -0.05) is 18.6 Å². The van der Waals surface area contributed by atoms with Gasteiger partial charge in [-0.05, 0) is 62.7 Å². The zero-order chi connectivity index (χ0) is 18.9. The molecule has 28 heavy (non-hydrogen) atoms. The van der Waals surface area contributed by atoms with Crippen LogP contribution in [0, 0.1) is 0 Å². The Labute approximate surface area is 184 Å². The first-order valence-electron chi connectivity index (χ1n) is 9.84. The first-order chi connectivity index (χ1) is 13.3. The first-order valence-corrected chi connectivity index (χ1v) is 9.84. The second-order valence-corrected chi connectivity index (χ2v) is 6.87. The van der Waals surface area contributed by atoms with Gasteiger partial charge in [0.15, 0.2) is 5.96 Å². The molecule has 7 heteroatoms. The Bertz CT molecular complexity index is 715. The minimum atomic E-state index is 0. The molecule has 1 saturated heterocycles. The van der Waals surface area contributed by atoms with Gasteiger partial charge >= 0.3 is 0 Å². The largest absolute Gasteiger partial charge is 0.508 e. The van der Waals surface area contributed by atoms with Crippen molar-refractivity contribution in [3.05, 3.63) is 54.0 Å². The molecule has 0 amide bonds. The summed E-state index contributed by atoms with van der Waals surface area (Å²) >= 11 is 0. The number of nitrogens with zero attached hydrogens (tertiary/aromatic N) is 2. The molecule has 1 aromatic heterocycles. The SMILES string of the molecule is CCNC(=NCc1cccc(O)c1)NCC(c1ccco1)N1CCCCC1.I. The minimum Gasteiger partial charge on any atom is -0.508 e. The summed E-state index contributed by atoms with van der Waals surface area (Å²) < 4.78 is 5.71. The van der Waals surface area contributed by atoms with Gasteiger partial charge in [-0.2, -0.15) is 0 Å². The summed E-state index contributed by atoms with van der Waals surface area (Å²) in [7, 11) is 0. The maximum atomic E-state index is 9.61. The number of aliphatic imine (C=N–C) groups is 1. The Kier molecular flexibility index (Phi) is 9.63. The fourth-order valence-corrected chi connectivity index (χ4v) is 3.48. The van der Waals surface area contributed by atoms with Crippen LogP contribution in [0.5, 0.6) is 5.75 Å². The Morgan fingerprint density at radius 3 is 2.68 bits per heavy atom. The highest BCUT2D eigenvalue weighted by Crippen LogP contribution is 2.24. The van der Waals surface area contributed by atoms with E-state index in [1.165, 1.54) is 19.3 Å². The molecule has 3 N–H and O–H groups in total. The molecule has 2 aromatic rings. The van der Waals surface area contributed by atoms with Crippen LogP contribution < -0.4 is 10.6 Å². The van der Waals surface area contributed by atoms with Crippen molar-refractivity contribution in [2.45, 2.75) is 38.8 Å². The Morgan fingerprint density at radius 1 is 1.18 bits per heavy atom. The van der Waals surface area contributed by atoms with E-state index in [4.69, 9.17) is 4.42 Å². The van der Waals surface area contributed by atoms with Crippen LogP contribution >= 0.6 is 24.0 Å². The lowest BCUT2D eigenvalue weighted by Crippen LogP contribution is -2.44. The van der Waals surface area contributed by atoms with Crippen LogP contribution in [0.15, 0.2) is 52.1 Å². The molecular weight excluding hydrogens is 467 g/mol. The third-order valence-corrected chi connectivity index (χ3v) is 4.84. The molecule has 3 rings (SSSR count). The third-order valence-electron chi connectivity index (χ3n) is 4.84. The van der Waals surface area contributed by atoms with Gasteiger partial charge in [0, 0.05) is 13.1 Å². The summed E-state index contributed by atoms with van der Waals surface area (Å²) in [5, 5.41) is 16.4. The lowest BCUT2D eigenvalue weighted by atomic mass is 10.1. The number of likely N-dealkylation sites (tertiary alicyclic amines) is 1. The predicted octanol–water partition coefficient (Wildman–Crippen LogP) is 3.89. The van der Waals surface area contributed by atoms with Crippen molar-refractivity contribution in [3.8, 4) is 5.75 Å². The number of phenolic OH excluding ortho intramolecular Hbond substituents is 1. The van der Waals surface area contributed by atoms with Gasteiger partial charge in [-0.3, -0.25) is 4.90 Å². The highest BCUT2D eigenvalue weighted by molar-refractivity contribution is 14.0. The zero-order valence-corrected chi connectivity index (χ0v) is 18.8. The second-order valence-electron chi connectivity index (χ2n) is 6.87. The fourth-order valence-electron chi connectivity index (χ4n) is 3.48. The molecule has 1 aliphatic rings. The quantitative estimate of drug-likeness (QED) is 0.307. The molecular formula is C21H31IN4O2. The van der Waals surface area contributed by atoms with Gasteiger partial charge < -0.3 is 20.2 Å². The average molecular weight is 498 g/mol. The number of rotatable bonds is 7. The fraction of sp³-hybridized carbons (Fsp3) is 0.476. The van der Waals surface area contributed by atoms with Crippen molar-refractivity contribution in [3.63, 3.8) is 0 Å². The number of benzene rings is 1. The highest BCUT2D eigenvalue weighted by atomic mass is 127. The lowest BCUT2D eigenvalue weighted by molar-refractivity contribution is 0.146. The van der Waals surface area contributed by atoms with Crippen molar-refractivity contribution in [1.82, 2.24) is 15.5 Å². The average Bonchev–Trinajstić information content (AvgIpc) is 3.21. The van der Waals surface area contributed by atoms with Crippen LogP contribution in [0.25, 0.3) is 0 Å². The normalized spacial score (nSPS) is 16.2. The molecule has 6 nitrogen and oxygen atoms in total. The van der Waals surface area contributed by atoms with Gasteiger partial charge in [0.1, 0.15) is 11.5 Å². The third kappa shape index (κ3) is 6.70. The van der Waals surface area contributed by atoms with Crippen LogP contribution in [-0.4, -0.2) is 42.1 Å². The Morgan fingerprint density at radius 2 is 2.00 bits per heavy atom. The Hall–Kier alpha value is -1.74. The van der Waals surface area contributed by atoms with E-state index in [0.717, 1.165) is 43.5 Å². The molecule has 2 heterocycles. The van der Waals surface area contributed by atoms with Gasteiger partial charge in [0.05, 0.1) is 18.8 Å². The van der Waals surface area contributed by atoms with Gasteiger partial charge in [0.2, 0.25) is 0 Å². The highest BCUT2D eigenvalue weighted by Gasteiger charge is 2.24. The van der Waals surface area contributed by atoms with Crippen LogP contribution in [0.3, 0.4) is 0 Å². The zero-order valence-electron chi connectivity index (χ0n) is 16.4. The maximum absolute atomic E-state index is 9.61. The maximum Gasteiger partial charge on any atom is 0.191 e. The van der Waals surface area contributed by atoms with E-state index in [9.17, 15) is 5.11 Å². The predicted molar refractivity (Wildman–Crippen MR) is 123 cm³/mol. The molecule has 1 aromatic carbocycles. The van der Waals surface area contributed by atoms with E-state index >= 15 is 0 Å². The van der Waals surface area contributed by atoms with E-state index in [-0.39, 0.29) is 35.8 Å². The molecule has 154 valence electrons. The van der Waals surface area contributed by atoms with Crippen LogP contribution in [0.1, 0.15) is 43.6 Å². The second kappa shape index (κ2) is 12.0. The summed E-state index contributed by atoms with van der Waals surface area (Å²) in [6, 6.07) is 11.4. The van der Waals surface area contributed by atoms with Crippen LogP contribution in [0.4, 0.5) is 0 Å². The number of hydrogen-bond acceptors (Lipinski definition) is 4. The molecule has 1 atom stereocenters. The molecule has 0 bridgehead atoms. The van der Waals surface area contributed by atoms with Gasteiger partial charge in [-0.25, -0.2) is 4.99 Å². The molecule has 1 aliphatic heterocycles. The summed E-state index contributed by atoms with van der Waals surface area (Å²) in [6.45, 7) is 6.30. The smallest absolute Gasteiger partial charge is 0.191 e. The lowest BCUT2D eigenvalue weighted by Gasteiger charge is -2.33. The standard InChI is InChI=1S/C21H30N4O2.HI/c1-2-22-21(23-15-17-8-6-9-18(26)14-17)24-16-19(20-10-7-13-27-20)25-11-4-3-5-12-25;/h6-10,13-14,19,26H,2-5,11-12,15-16H2,1H3,(H2,22,23,24);1H. The van der Waals surface area contributed by atoms with Crippen molar-refractivity contribution < 1.29 is 9.52 Å². The van der Waals surface area contributed by atoms with Gasteiger partial charge in [-0.15, -0.1) is 24.0 Å². The summed E-state index contributed by atoms with van der Waals surface area (Å²) in [5.41, 5.74) is 0.978. The molecule has 1 unspecified atom stereocenters. The first kappa shape index (κ1) is 22.5. The number of aromatic hydroxyl groups is 1. The summed E-state index contributed by atoms with van der Waals surface area (Å²) in [4.78, 5) is 7.15. The number of furan rings is 1. The van der Waals surface area contributed by atoms with Crippen molar-refractivity contribution in [1.29, 1.82) is 0 Å². The monoisotopic (exact) mass is 498 g/mol. The number of piperidine rings is 1. The van der Waals surface area contributed by atoms with E-state index in [2.05, 4.69) is 33.5 Å². The van der Waals surface area contributed by atoms with Crippen LogP contribution in [0.2, 0.25) is 0 Å². The van der Waals surface area contributed by atoms with Gasteiger partial charge in [0.25, 0.3) is 0 Å². The van der Waals surface area contributed by atoms with E-state index in [1.54, 1.807) is 18.4 Å². The number of phenols is 1. The number of hydrogen-bond donors (Lipinski definition) is 3.